The maximum Gasteiger partial charge on any atom is 0.266 e. The Labute approximate surface area is 158 Å². The van der Waals surface area contributed by atoms with Crippen molar-refractivity contribution in [1.29, 1.82) is 0 Å². The third kappa shape index (κ3) is 3.86. The zero-order valence-electron chi connectivity index (χ0n) is 16.0. The molecule has 3 heterocycles. The van der Waals surface area contributed by atoms with Gasteiger partial charge in [-0.1, -0.05) is 25.2 Å². The molecule has 0 spiro atoms. The second kappa shape index (κ2) is 7.92. The summed E-state index contributed by atoms with van der Waals surface area (Å²) < 4.78 is 5.38. The molecule has 1 aromatic rings. The Morgan fingerprint density at radius 3 is 2.62 bits per heavy atom. The fourth-order valence-corrected chi connectivity index (χ4v) is 4.50. The van der Waals surface area contributed by atoms with Crippen molar-refractivity contribution in [3.8, 4) is 0 Å². The van der Waals surface area contributed by atoms with E-state index in [0.717, 1.165) is 30.5 Å². The molecule has 2 aliphatic heterocycles. The minimum atomic E-state index is -0.427. The molecule has 0 bridgehead atoms. The molecule has 1 unspecified atom stereocenters. The molecule has 0 N–H and O–H groups in total. The number of amides is 2. The quantitative estimate of drug-likeness (QED) is 0.794. The van der Waals surface area contributed by atoms with Gasteiger partial charge in [-0.3, -0.25) is 9.59 Å². The van der Waals surface area contributed by atoms with Gasteiger partial charge >= 0.3 is 0 Å². The molecule has 2 aliphatic rings. The van der Waals surface area contributed by atoms with Gasteiger partial charge in [0, 0.05) is 32.7 Å². The Morgan fingerprint density at radius 1 is 1.27 bits per heavy atom. The van der Waals surface area contributed by atoms with Crippen LogP contribution in [0.3, 0.4) is 0 Å². The largest absolute Gasteiger partial charge is 0.378 e. The number of carbonyl (C=O) groups excluding carboxylic acids is 2. The highest BCUT2D eigenvalue weighted by molar-refractivity contribution is 7.17. The van der Waals surface area contributed by atoms with Crippen LogP contribution in [0.5, 0.6) is 0 Å². The van der Waals surface area contributed by atoms with E-state index in [1.54, 1.807) is 4.90 Å². The van der Waals surface area contributed by atoms with Crippen LogP contribution in [0.1, 0.15) is 36.1 Å². The van der Waals surface area contributed by atoms with E-state index >= 15 is 0 Å². The van der Waals surface area contributed by atoms with Crippen molar-refractivity contribution in [2.45, 2.75) is 33.7 Å². The summed E-state index contributed by atoms with van der Waals surface area (Å²) >= 11 is 1.43. The lowest BCUT2D eigenvalue weighted by Crippen LogP contribution is -2.58. The number of piperazine rings is 1. The molecular weight excluding hydrogens is 352 g/mol. The van der Waals surface area contributed by atoms with Crippen molar-refractivity contribution >= 4 is 28.3 Å². The van der Waals surface area contributed by atoms with E-state index in [9.17, 15) is 9.59 Å². The van der Waals surface area contributed by atoms with Gasteiger partial charge in [0.25, 0.3) is 5.91 Å². The number of aryl methyl sites for hydroxylation is 1. The molecule has 8 heteroatoms. The third-order valence-electron chi connectivity index (χ3n) is 4.85. The van der Waals surface area contributed by atoms with E-state index in [2.05, 4.69) is 23.7 Å². The van der Waals surface area contributed by atoms with Crippen molar-refractivity contribution in [3.63, 3.8) is 0 Å². The number of morpholine rings is 1. The van der Waals surface area contributed by atoms with Gasteiger partial charge in [0.1, 0.15) is 10.9 Å². The highest BCUT2D eigenvalue weighted by Gasteiger charge is 2.36. The first-order valence-corrected chi connectivity index (χ1v) is 10.1. The van der Waals surface area contributed by atoms with Gasteiger partial charge in [0.2, 0.25) is 5.91 Å². The average Bonchev–Trinajstić information content (AvgIpc) is 3.01. The molecule has 3 rings (SSSR count). The van der Waals surface area contributed by atoms with E-state index in [0.29, 0.717) is 37.1 Å². The van der Waals surface area contributed by atoms with Gasteiger partial charge in [-0.15, -0.1) is 0 Å². The zero-order valence-corrected chi connectivity index (χ0v) is 16.8. The standard InChI is InChI=1S/C18H28N4O3S/c1-12(2)11-21-5-6-22(14(4)16(21)23)17(24)15-13(3)19-18(26-15)20-7-9-25-10-8-20/h12,14H,5-11H2,1-4H3. The van der Waals surface area contributed by atoms with E-state index in [4.69, 9.17) is 4.74 Å². The fraction of sp³-hybridized carbons (Fsp3) is 0.722. The maximum absolute atomic E-state index is 13.1. The predicted octanol–water partition coefficient (Wildman–Crippen LogP) is 1.62. The first-order valence-electron chi connectivity index (χ1n) is 9.28. The summed E-state index contributed by atoms with van der Waals surface area (Å²) in [5.41, 5.74) is 0.741. The molecule has 7 nitrogen and oxygen atoms in total. The highest BCUT2D eigenvalue weighted by atomic mass is 32.1. The molecule has 0 saturated carbocycles. The molecule has 1 aromatic heterocycles. The van der Waals surface area contributed by atoms with Crippen molar-refractivity contribution in [2.75, 3.05) is 50.8 Å². The van der Waals surface area contributed by atoms with Crippen LogP contribution in [0.25, 0.3) is 0 Å². The summed E-state index contributed by atoms with van der Waals surface area (Å²) in [5, 5.41) is 0.867. The second-order valence-electron chi connectivity index (χ2n) is 7.36. The number of hydrogen-bond donors (Lipinski definition) is 0. The minimum Gasteiger partial charge on any atom is -0.378 e. The number of thiazole rings is 1. The first kappa shape index (κ1) is 19.1. The number of ether oxygens (including phenoxy) is 1. The maximum atomic E-state index is 13.1. The first-order chi connectivity index (χ1) is 12.4. The molecule has 0 aromatic carbocycles. The Hall–Kier alpha value is -1.67. The summed E-state index contributed by atoms with van der Waals surface area (Å²) in [6, 6.07) is -0.427. The van der Waals surface area contributed by atoms with Crippen LogP contribution in [-0.4, -0.2) is 78.6 Å². The summed E-state index contributed by atoms with van der Waals surface area (Å²) in [5.74, 6) is 0.381. The summed E-state index contributed by atoms with van der Waals surface area (Å²) in [6.45, 7) is 12.8. The van der Waals surface area contributed by atoms with Crippen LogP contribution >= 0.6 is 11.3 Å². The minimum absolute atomic E-state index is 0.0360. The Kier molecular flexibility index (Phi) is 5.82. The van der Waals surface area contributed by atoms with E-state index in [1.165, 1.54) is 11.3 Å². The smallest absolute Gasteiger partial charge is 0.266 e. The third-order valence-corrected chi connectivity index (χ3v) is 6.06. The van der Waals surface area contributed by atoms with E-state index < -0.39 is 6.04 Å². The SMILES string of the molecule is Cc1nc(N2CCOCC2)sc1C(=O)N1CCN(CC(C)C)C(=O)C1C. The van der Waals surface area contributed by atoms with E-state index in [-0.39, 0.29) is 11.8 Å². The number of hydrogen-bond acceptors (Lipinski definition) is 6. The van der Waals surface area contributed by atoms with Crippen LogP contribution in [0.2, 0.25) is 0 Å². The Bertz CT molecular complexity index is 669. The van der Waals surface area contributed by atoms with Gasteiger partial charge < -0.3 is 19.4 Å². The van der Waals surface area contributed by atoms with Crippen LogP contribution in [-0.2, 0) is 9.53 Å². The average molecular weight is 381 g/mol. The number of aromatic nitrogens is 1. The number of nitrogens with zero attached hydrogens (tertiary/aromatic N) is 4. The molecule has 2 amide bonds. The second-order valence-corrected chi connectivity index (χ2v) is 8.34. The molecule has 26 heavy (non-hydrogen) atoms. The summed E-state index contributed by atoms with van der Waals surface area (Å²) in [7, 11) is 0. The van der Waals surface area contributed by atoms with Crippen LogP contribution in [0.15, 0.2) is 0 Å². The van der Waals surface area contributed by atoms with Crippen molar-refractivity contribution in [2.24, 2.45) is 5.92 Å². The Balaban J connectivity index is 1.73. The topological polar surface area (TPSA) is 66.0 Å². The lowest BCUT2D eigenvalue weighted by molar-refractivity contribution is -0.140. The normalized spacial score (nSPS) is 21.7. The molecular formula is C18H28N4O3S. The number of anilines is 1. The van der Waals surface area contributed by atoms with Crippen LogP contribution < -0.4 is 4.90 Å². The summed E-state index contributed by atoms with van der Waals surface area (Å²) in [6.07, 6.45) is 0. The Morgan fingerprint density at radius 2 is 1.96 bits per heavy atom. The fourth-order valence-electron chi connectivity index (χ4n) is 3.43. The van der Waals surface area contributed by atoms with Crippen LogP contribution in [0, 0.1) is 12.8 Å². The van der Waals surface area contributed by atoms with Crippen molar-refractivity contribution < 1.29 is 14.3 Å². The predicted molar refractivity (Wildman–Crippen MR) is 102 cm³/mol. The monoisotopic (exact) mass is 380 g/mol. The molecule has 1 atom stereocenters. The van der Waals surface area contributed by atoms with Gasteiger partial charge in [0.15, 0.2) is 5.13 Å². The van der Waals surface area contributed by atoms with Gasteiger partial charge in [-0.05, 0) is 19.8 Å². The highest BCUT2D eigenvalue weighted by Crippen LogP contribution is 2.29. The van der Waals surface area contributed by atoms with Crippen molar-refractivity contribution in [1.82, 2.24) is 14.8 Å². The molecule has 2 saturated heterocycles. The lowest BCUT2D eigenvalue weighted by Gasteiger charge is -2.39. The van der Waals surface area contributed by atoms with Crippen LogP contribution in [0.4, 0.5) is 5.13 Å². The molecule has 2 fully saturated rings. The van der Waals surface area contributed by atoms with Gasteiger partial charge in [0.05, 0.1) is 18.9 Å². The lowest BCUT2D eigenvalue weighted by atomic mass is 10.1. The molecule has 0 radical (unpaired) electrons. The van der Waals surface area contributed by atoms with Gasteiger partial charge in [-0.25, -0.2) is 4.98 Å². The van der Waals surface area contributed by atoms with Gasteiger partial charge in [-0.2, -0.15) is 0 Å². The van der Waals surface area contributed by atoms with E-state index in [1.807, 2.05) is 18.7 Å². The zero-order chi connectivity index (χ0) is 18.8. The number of rotatable bonds is 4. The number of carbonyl (C=O) groups is 2. The summed E-state index contributed by atoms with van der Waals surface area (Å²) in [4.78, 5) is 36.7. The molecule has 0 aliphatic carbocycles. The van der Waals surface area contributed by atoms with Crippen molar-refractivity contribution in [3.05, 3.63) is 10.6 Å². The molecule has 144 valence electrons.